The summed E-state index contributed by atoms with van der Waals surface area (Å²) in [6.07, 6.45) is 10.9. The van der Waals surface area contributed by atoms with Crippen molar-refractivity contribution in [2.75, 3.05) is 19.7 Å². The van der Waals surface area contributed by atoms with Gasteiger partial charge in [-0.05, 0) is 57.1 Å². The first-order chi connectivity index (χ1) is 10.3. The summed E-state index contributed by atoms with van der Waals surface area (Å²) in [5, 5.41) is 8.11. The van der Waals surface area contributed by atoms with Crippen LogP contribution >= 0.6 is 0 Å². The number of nitrogens with zero attached hydrogens (tertiary/aromatic N) is 2. The first-order valence-electron chi connectivity index (χ1n) is 8.61. The molecule has 4 heteroatoms. The van der Waals surface area contributed by atoms with Gasteiger partial charge in [0.2, 0.25) is 0 Å². The molecule has 1 saturated heterocycles. The van der Waals surface area contributed by atoms with Gasteiger partial charge in [0.1, 0.15) is 0 Å². The van der Waals surface area contributed by atoms with Crippen molar-refractivity contribution in [3.05, 3.63) is 18.0 Å². The van der Waals surface area contributed by atoms with Gasteiger partial charge in [-0.3, -0.25) is 4.68 Å². The van der Waals surface area contributed by atoms with Crippen molar-refractivity contribution in [1.29, 1.82) is 0 Å². The Morgan fingerprint density at radius 2 is 2.29 bits per heavy atom. The van der Waals surface area contributed by atoms with E-state index in [9.17, 15) is 0 Å². The largest absolute Gasteiger partial charge is 0.377 e. The zero-order chi connectivity index (χ0) is 14.7. The minimum Gasteiger partial charge on any atom is -0.377 e. The van der Waals surface area contributed by atoms with Crippen LogP contribution < -0.4 is 5.32 Å². The van der Waals surface area contributed by atoms with Crippen LogP contribution in [0.4, 0.5) is 0 Å². The van der Waals surface area contributed by atoms with E-state index in [0.29, 0.717) is 6.10 Å². The number of hydrogen-bond acceptors (Lipinski definition) is 3. The molecule has 1 aromatic heterocycles. The maximum atomic E-state index is 6.16. The summed E-state index contributed by atoms with van der Waals surface area (Å²) in [7, 11) is 0. The quantitative estimate of drug-likeness (QED) is 0.748. The van der Waals surface area contributed by atoms with Crippen molar-refractivity contribution in [2.24, 2.45) is 11.3 Å². The Morgan fingerprint density at radius 3 is 2.95 bits per heavy atom. The van der Waals surface area contributed by atoms with Crippen LogP contribution in [-0.2, 0) is 17.7 Å². The zero-order valence-electron chi connectivity index (χ0n) is 13.5. The molecule has 0 bridgehead atoms. The van der Waals surface area contributed by atoms with Gasteiger partial charge in [0.25, 0.3) is 0 Å². The van der Waals surface area contributed by atoms with Crippen molar-refractivity contribution in [1.82, 2.24) is 15.1 Å². The normalized spacial score (nSPS) is 29.1. The summed E-state index contributed by atoms with van der Waals surface area (Å²) in [5.41, 5.74) is 1.64. The predicted molar refractivity (Wildman–Crippen MR) is 84.3 cm³/mol. The number of nitrogens with one attached hydrogen (secondary N) is 1. The second-order valence-electron chi connectivity index (χ2n) is 6.80. The lowest BCUT2D eigenvalue weighted by Crippen LogP contribution is -2.43. The van der Waals surface area contributed by atoms with Gasteiger partial charge in [0, 0.05) is 31.3 Å². The molecule has 2 unspecified atom stereocenters. The SMILES string of the molecule is CCCNCC1(Cc2cnn(CC)c2)CCOC1C1CC1. The average Bonchev–Trinajstić information content (AvgIpc) is 3.09. The summed E-state index contributed by atoms with van der Waals surface area (Å²) in [5.74, 6) is 0.803. The molecule has 118 valence electrons. The molecule has 1 aromatic rings. The fourth-order valence-electron chi connectivity index (χ4n) is 3.77. The van der Waals surface area contributed by atoms with E-state index in [-0.39, 0.29) is 5.41 Å². The van der Waals surface area contributed by atoms with Crippen LogP contribution in [0.5, 0.6) is 0 Å². The van der Waals surface area contributed by atoms with E-state index in [0.717, 1.165) is 38.6 Å². The molecule has 1 aliphatic carbocycles. The van der Waals surface area contributed by atoms with Crippen LogP contribution in [0.25, 0.3) is 0 Å². The molecule has 2 atom stereocenters. The van der Waals surface area contributed by atoms with E-state index in [4.69, 9.17) is 4.74 Å². The molecule has 2 heterocycles. The van der Waals surface area contributed by atoms with Crippen LogP contribution in [0.3, 0.4) is 0 Å². The summed E-state index contributed by atoms with van der Waals surface area (Å²) in [6, 6.07) is 0. The molecule has 1 aliphatic heterocycles. The number of hydrogen-bond donors (Lipinski definition) is 1. The van der Waals surface area contributed by atoms with E-state index >= 15 is 0 Å². The zero-order valence-corrected chi connectivity index (χ0v) is 13.5. The Bertz CT molecular complexity index is 455. The second-order valence-corrected chi connectivity index (χ2v) is 6.80. The van der Waals surface area contributed by atoms with Crippen molar-refractivity contribution >= 4 is 0 Å². The van der Waals surface area contributed by atoms with E-state index in [1.54, 1.807) is 0 Å². The third-order valence-electron chi connectivity index (χ3n) is 5.02. The van der Waals surface area contributed by atoms with Crippen LogP contribution in [0, 0.1) is 11.3 Å². The summed E-state index contributed by atoms with van der Waals surface area (Å²) in [4.78, 5) is 0. The highest BCUT2D eigenvalue weighted by Gasteiger charge is 2.50. The molecule has 21 heavy (non-hydrogen) atoms. The maximum Gasteiger partial charge on any atom is 0.0675 e. The highest BCUT2D eigenvalue weighted by Crippen LogP contribution is 2.49. The minimum absolute atomic E-state index is 0.276. The lowest BCUT2D eigenvalue weighted by molar-refractivity contribution is 0.0307. The van der Waals surface area contributed by atoms with Gasteiger partial charge < -0.3 is 10.1 Å². The third kappa shape index (κ3) is 3.32. The Kier molecular flexibility index (Phi) is 4.65. The van der Waals surface area contributed by atoms with Crippen LogP contribution in [0.15, 0.2) is 12.4 Å². The summed E-state index contributed by atoms with van der Waals surface area (Å²) >= 11 is 0. The highest BCUT2D eigenvalue weighted by atomic mass is 16.5. The van der Waals surface area contributed by atoms with Gasteiger partial charge >= 0.3 is 0 Å². The molecule has 2 aliphatic rings. The van der Waals surface area contributed by atoms with E-state index in [2.05, 4.69) is 30.5 Å². The van der Waals surface area contributed by atoms with Crippen LogP contribution in [0.2, 0.25) is 0 Å². The lowest BCUT2D eigenvalue weighted by atomic mass is 9.74. The highest BCUT2D eigenvalue weighted by molar-refractivity contribution is 5.12. The van der Waals surface area contributed by atoms with Crippen molar-refractivity contribution < 1.29 is 4.74 Å². The monoisotopic (exact) mass is 291 g/mol. The fraction of sp³-hybridized carbons (Fsp3) is 0.824. The van der Waals surface area contributed by atoms with E-state index in [1.807, 2.05) is 10.9 Å². The van der Waals surface area contributed by atoms with Crippen molar-refractivity contribution in [3.63, 3.8) is 0 Å². The average molecular weight is 291 g/mol. The molecule has 2 fully saturated rings. The number of ether oxygens (including phenoxy) is 1. The second kappa shape index (κ2) is 6.49. The fourth-order valence-corrected chi connectivity index (χ4v) is 3.77. The molecule has 0 aromatic carbocycles. The Hall–Kier alpha value is -0.870. The van der Waals surface area contributed by atoms with Crippen LogP contribution in [0.1, 0.15) is 45.1 Å². The van der Waals surface area contributed by atoms with Gasteiger partial charge in [-0.2, -0.15) is 5.10 Å². The van der Waals surface area contributed by atoms with Gasteiger partial charge in [0.15, 0.2) is 0 Å². The molecule has 1 saturated carbocycles. The first kappa shape index (κ1) is 15.0. The topological polar surface area (TPSA) is 39.1 Å². The first-order valence-corrected chi connectivity index (χ1v) is 8.61. The molecule has 0 spiro atoms. The smallest absolute Gasteiger partial charge is 0.0675 e. The molecular weight excluding hydrogens is 262 g/mol. The summed E-state index contributed by atoms with van der Waals surface area (Å²) in [6.45, 7) is 8.43. The Balaban J connectivity index is 1.74. The minimum atomic E-state index is 0.276. The Labute approximate surface area is 128 Å². The van der Waals surface area contributed by atoms with Gasteiger partial charge in [-0.15, -0.1) is 0 Å². The van der Waals surface area contributed by atoms with Gasteiger partial charge in [-0.25, -0.2) is 0 Å². The third-order valence-corrected chi connectivity index (χ3v) is 5.02. The van der Waals surface area contributed by atoms with E-state index in [1.165, 1.54) is 31.2 Å². The number of aromatic nitrogens is 2. The molecule has 0 radical (unpaired) electrons. The van der Waals surface area contributed by atoms with E-state index < -0.39 is 0 Å². The standard InChI is InChI=1S/C17H29N3O/c1-3-8-18-13-17(7-9-21-16(17)15-5-6-15)10-14-11-19-20(4-2)12-14/h11-12,15-16,18H,3-10,13H2,1-2H3. The lowest BCUT2D eigenvalue weighted by Gasteiger charge is -2.34. The Morgan fingerprint density at radius 1 is 1.43 bits per heavy atom. The molecule has 0 amide bonds. The predicted octanol–water partition coefficient (Wildman–Crippen LogP) is 2.63. The number of rotatable bonds is 8. The van der Waals surface area contributed by atoms with Crippen molar-refractivity contribution in [3.8, 4) is 0 Å². The molecule has 4 nitrogen and oxygen atoms in total. The van der Waals surface area contributed by atoms with Crippen molar-refractivity contribution in [2.45, 2.75) is 58.6 Å². The van der Waals surface area contributed by atoms with Gasteiger partial charge in [-0.1, -0.05) is 6.92 Å². The molecule has 3 rings (SSSR count). The van der Waals surface area contributed by atoms with Crippen LogP contribution in [-0.4, -0.2) is 35.6 Å². The summed E-state index contributed by atoms with van der Waals surface area (Å²) < 4.78 is 8.19. The molecule has 1 N–H and O–H groups in total. The number of aryl methyl sites for hydroxylation is 1. The maximum absolute atomic E-state index is 6.16. The molecular formula is C17H29N3O. The van der Waals surface area contributed by atoms with Gasteiger partial charge in [0.05, 0.1) is 12.3 Å².